The third-order valence-electron chi connectivity index (χ3n) is 1.15. The molecule has 10 heavy (non-hydrogen) atoms. The Morgan fingerprint density at radius 1 is 1.60 bits per heavy atom. The fraction of sp³-hybridized carbons (Fsp3) is 0.375. The molecule has 0 heterocycles. The lowest BCUT2D eigenvalue weighted by Crippen LogP contribution is -1.96. The van der Waals surface area contributed by atoms with Crippen LogP contribution in [0.2, 0.25) is 0 Å². The van der Waals surface area contributed by atoms with E-state index in [1.54, 1.807) is 18.2 Å². The number of hydrogen-bond donors (Lipinski definition) is 1. The average molecular weight is 139 g/mol. The van der Waals surface area contributed by atoms with Crippen LogP contribution in [-0.4, -0.2) is 12.3 Å². The predicted octanol–water partition coefficient (Wildman–Crippen LogP) is 1.04. The van der Waals surface area contributed by atoms with Crippen molar-refractivity contribution in [2.45, 2.75) is 13.8 Å². The van der Waals surface area contributed by atoms with Gasteiger partial charge in [0.2, 0.25) is 0 Å². The molecule has 0 aromatic carbocycles. The number of allylic oxidation sites excluding steroid dienone is 3. The van der Waals surface area contributed by atoms with Crippen molar-refractivity contribution in [3.05, 3.63) is 23.8 Å². The van der Waals surface area contributed by atoms with Crippen molar-refractivity contribution < 1.29 is 4.79 Å². The topological polar surface area (TPSA) is 43.1 Å². The van der Waals surface area contributed by atoms with Crippen LogP contribution in [0, 0.1) is 0 Å². The van der Waals surface area contributed by atoms with Crippen LogP contribution in [0.1, 0.15) is 13.8 Å². The smallest absolute Gasteiger partial charge is 0.159 e. The molecule has 0 spiro atoms. The zero-order valence-electron chi connectivity index (χ0n) is 6.42. The minimum atomic E-state index is 0.0761. The van der Waals surface area contributed by atoms with E-state index in [2.05, 4.69) is 0 Å². The van der Waals surface area contributed by atoms with Gasteiger partial charge in [-0.2, -0.15) is 0 Å². The summed E-state index contributed by atoms with van der Waals surface area (Å²) in [4.78, 5) is 10.7. The van der Waals surface area contributed by atoms with Crippen LogP contribution in [0.15, 0.2) is 23.8 Å². The minimum Gasteiger partial charge on any atom is -0.327 e. The van der Waals surface area contributed by atoms with Gasteiger partial charge in [0.05, 0.1) is 0 Å². The maximum Gasteiger partial charge on any atom is 0.159 e. The predicted molar refractivity (Wildman–Crippen MR) is 42.6 cm³/mol. The Labute approximate surface area is 61.4 Å². The molecule has 0 rings (SSSR count). The number of carbonyl (C=O) groups is 1. The number of rotatable bonds is 3. The molecule has 2 heteroatoms. The van der Waals surface area contributed by atoms with E-state index in [1.165, 1.54) is 6.92 Å². The number of ketones is 1. The SMILES string of the molecule is C/C=C(/C=C/CN)C(C)=O. The van der Waals surface area contributed by atoms with Crippen LogP contribution in [0.5, 0.6) is 0 Å². The van der Waals surface area contributed by atoms with Crippen LogP contribution >= 0.6 is 0 Å². The van der Waals surface area contributed by atoms with Gasteiger partial charge in [-0.05, 0) is 13.8 Å². The summed E-state index contributed by atoms with van der Waals surface area (Å²) in [7, 11) is 0. The van der Waals surface area contributed by atoms with E-state index in [1.807, 2.05) is 6.92 Å². The van der Waals surface area contributed by atoms with Gasteiger partial charge in [-0.1, -0.05) is 18.2 Å². The first-order valence-electron chi connectivity index (χ1n) is 3.26. The number of nitrogens with two attached hydrogens (primary N) is 1. The number of hydrogen-bond acceptors (Lipinski definition) is 2. The van der Waals surface area contributed by atoms with Gasteiger partial charge >= 0.3 is 0 Å². The Kier molecular flexibility index (Phi) is 4.50. The number of Topliss-reactive ketones (excluding diaryl/α,β-unsaturated/α-hetero) is 1. The number of carbonyl (C=O) groups excluding carboxylic acids is 1. The monoisotopic (exact) mass is 139 g/mol. The molecule has 0 aromatic rings. The summed E-state index contributed by atoms with van der Waals surface area (Å²) in [5.74, 6) is 0.0761. The maximum absolute atomic E-state index is 10.7. The molecule has 0 atom stereocenters. The van der Waals surface area contributed by atoms with E-state index in [0.29, 0.717) is 12.1 Å². The molecule has 0 aromatic heterocycles. The molecule has 0 aliphatic carbocycles. The Bertz CT molecular complexity index is 168. The Hall–Kier alpha value is -0.890. The first kappa shape index (κ1) is 9.11. The van der Waals surface area contributed by atoms with E-state index < -0.39 is 0 Å². The van der Waals surface area contributed by atoms with Crippen molar-refractivity contribution in [3.8, 4) is 0 Å². The summed E-state index contributed by atoms with van der Waals surface area (Å²) in [6.07, 6.45) is 5.27. The van der Waals surface area contributed by atoms with Gasteiger partial charge in [-0.3, -0.25) is 4.79 Å². The van der Waals surface area contributed by atoms with Gasteiger partial charge in [0.1, 0.15) is 0 Å². The highest BCUT2D eigenvalue weighted by Gasteiger charge is 1.94. The highest BCUT2D eigenvalue weighted by Crippen LogP contribution is 1.96. The molecule has 0 aliphatic heterocycles. The molecule has 0 radical (unpaired) electrons. The summed E-state index contributed by atoms with van der Waals surface area (Å²) in [6.45, 7) is 3.85. The maximum atomic E-state index is 10.7. The first-order chi connectivity index (χ1) is 4.72. The van der Waals surface area contributed by atoms with Crippen molar-refractivity contribution in [1.82, 2.24) is 0 Å². The second-order valence-corrected chi connectivity index (χ2v) is 1.94. The van der Waals surface area contributed by atoms with E-state index >= 15 is 0 Å². The lowest BCUT2D eigenvalue weighted by molar-refractivity contribution is -0.113. The fourth-order valence-corrected chi connectivity index (χ4v) is 0.612. The largest absolute Gasteiger partial charge is 0.327 e. The van der Waals surface area contributed by atoms with Crippen LogP contribution in [-0.2, 0) is 4.79 Å². The minimum absolute atomic E-state index is 0.0761. The van der Waals surface area contributed by atoms with E-state index in [-0.39, 0.29) is 5.78 Å². The quantitative estimate of drug-likeness (QED) is 0.469. The van der Waals surface area contributed by atoms with Gasteiger partial charge in [-0.25, -0.2) is 0 Å². The van der Waals surface area contributed by atoms with Gasteiger partial charge in [0.15, 0.2) is 5.78 Å². The highest BCUT2D eigenvalue weighted by molar-refractivity contribution is 5.95. The molecular formula is C8H13NO. The second kappa shape index (κ2) is 4.94. The van der Waals surface area contributed by atoms with Crippen molar-refractivity contribution >= 4 is 5.78 Å². The highest BCUT2D eigenvalue weighted by atomic mass is 16.1. The van der Waals surface area contributed by atoms with E-state index in [0.717, 1.165) is 0 Å². The Morgan fingerprint density at radius 2 is 2.20 bits per heavy atom. The van der Waals surface area contributed by atoms with E-state index in [9.17, 15) is 4.79 Å². The van der Waals surface area contributed by atoms with Crippen LogP contribution < -0.4 is 5.73 Å². The summed E-state index contributed by atoms with van der Waals surface area (Å²) < 4.78 is 0. The van der Waals surface area contributed by atoms with Gasteiger partial charge in [-0.15, -0.1) is 0 Å². The molecule has 0 bridgehead atoms. The van der Waals surface area contributed by atoms with Gasteiger partial charge in [0.25, 0.3) is 0 Å². The zero-order chi connectivity index (χ0) is 7.98. The van der Waals surface area contributed by atoms with Gasteiger partial charge < -0.3 is 5.73 Å². The van der Waals surface area contributed by atoms with Crippen molar-refractivity contribution in [3.63, 3.8) is 0 Å². The second-order valence-electron chi connectivity index (χ2n) is 1.94. The third-order valence-corrected chi connectivity index (χ3v) is 1.15. The Balaban J connectivity index is 4.12. The summed E-state index contributed by atoms with van der Waals surface area (Å²) in [5, 5.41) is 0. The van der Waals surface area contributed by atoms with Crippen LogP contribution in [0.4, 0.5) is 0 Å². The molecular weight excluding hydrogens is 126 g/mol. The lowest BCUT2D eigenvalue weighted by Gasteiger charge is -1.91. The molecule has 0 fully saturated rings. The molecule has 2 nitrogen and oxygen atoms in total. The van der Waals surface area contributed by atoms with Crippen molar-refractivity contribution in [1.29, 1.82) is 0 Å². The first-order valence-corrected chi connectivity index (χ1v) is 3.26. The van der Waals surface area contributed by atoms with Gasteiger partial charge in [0, 0.05) is 12.1 Å². The fourth-order valence-electron chi connectivity index (χ4n) is 0.612. The Morgan fingerprint density at radius 3 is 2.50 bits per heavy atom. The average Bonchev–Trinajstić information content (AvgIpc) is 1.89. The molecule has 0 aliphatic rings. The normalized spacial score (nSPS) is 12.5. The molecule has 0 saturated carbocycles. The lowest BCUT2D eigenvalue weighted by atomic mass is 10.1. The van der Waals surface area contributed by atoms with Crippen LogP contribution in [0.25, 0.3) is 0 Å². The third kappa shape index (κ3) is 3.20. The standard InChI is InChI=1S/C8H13NO/c1-3-8(7(2)10)5-4-6-9/h3-5H,6,9H2,1-2H3/b5-4+,8-3-. The molecule has 0 saturated heterocycles. The van der Waals surface area contributed by atoms with Crippen LogP contribution in [0.3, 0.4) is 0 Å². The van der Waals surface area contributed by atoms with Crippen molar-refractivity contribution in [2.24, 2.45) is 5.73 Å². The summed E-state index contributed by atoms with van der Waals surface area (Å²) in [5.41, 5.74) is 5.92. The summed E-state index contributed by atoms with van der Waals surface area (Å²) >= 11 is 0. The molecule has 0 unspecified atom stereocenters. The zero-order valence-corrected chi connectivity index (χ0v) is 6.42. The van der Waals surface area contributed by atoms with E-state index in [4.69, 9.17) is 5.73 Å². The molecule has 56 valence electrons. The molecule has 0 amide bonds. The summed E-state index contributed by atoms with van der Waals surface area (Å²) in [6, 6.07) is 0. The molecule has 2 N–H and O–H groups in total. The van der Waals surface area contributed by atoms with Crippen molar-refractivity contribution in [2.75, 3.05) is 6.54 Å².